The fraction of sp³-hybridized carbons (Fsp3) is 0.462. The fourth-order valence-corrected chi connectivity index (χ4v) is 6.35. The summed E-state index contributed by atoms with van der Waals surface area (Å²) in [5.41, 5.74) is 0.854. The molecule has 1 saturated heterocycles. The molecule has 186 valence electrons. The van der Waals surface area contributed by atoms with Gasteiger partial charge in [-0.2, -0.15) is 9.29 Å². The molecular formula is C26H31FN4O3S. The van der Waals surface area contributed by atoms with Gasteiger partial charge in [-0.25, -0.2) is 17.8 Å². The van der Waals surface area contributed by atoms with Gasteiger partial charge in [-0.1, -0.05) is 18.6 Å². The number of ether oxygens (including phenoxy) is 1. The number of nitrogens with zero attached hydrogens (tertiary/aromatic N) is 4. The van der Waals surface area contributed by atoms with Crippen molar-refractivity contribution in [3.63, 3.8) is 0 Å². The summed E-state index contributed by atoms with van der Waals surface area (Å²) in [6.45, 7) is 3.86. The van der Waals surface area contributed by atoms with E-state index in [-0.39, 0.29) is 17.0 Å². The molecule has 9 heteroatoms. The van der Waals surface area contributed by atoms with Gasteiger partial charge in [0.15, 0.2) is 0 Å². The van der Waals surface area contributed by atoms with Gasteiger partial charge in [0.1, 0.15) is 17.7 Å². The molecule has 3 aromatic rings. The van der Waals surface area contributed by atoms with Crippen molar-refractivity contribution in [1.29, 1.82) is 0 Å². The van der Waals surface area contributed by atoms with E-state index in [0.29, 0.717) is 37.9 Å². The minimum atomic E-state index is -3.66. The molecule has 0 bridgehead atoms. The summed E-state index contributed by atoms with van der Waals surface area (Å²) in [5, 5.41) is 0.921. The number of rotatable bonds is 6. The standard InChI is InChI=1S/C26H31FN4O3S/c1-19(30-15-17-31(18-16-30)35(32,33)22-13-11-20(27)12-14-22)25-28-24-10-6-5-9-23(24)26(29-25)34-21-7-3-2-4-8-21/h5-6,9-14,19,21H,2-4,7-8,15-18H2,1H3/t19-/m1/s1. The second-order valence-electron chi connectivity index (χ2n) is 9.35. The maximum Gasteiger partial charge on any atom is 0.243 e. The first-order valence-electron chi connectivity index (χ1n) is 12.3. The van der Waals surface area contributed by atoms with Gasteiger partial charge >= 0.3 is 0 Å². The molecule has 7 nitrogen and oxygen atoms in total. The van der Waals surface area contributed by atoms with Gasteiger partial charge in [-0.3, -0.25) is 4.90 Å². The van der Waals surface area contributed by atoms with Crippen molar-refractivity contribution in [2.24, 2.45) is 0 Å². The van der Waals surface area contributed by atoms with Crippen LogP contribution >= 0.6 is 0 Å². The zero-order chi connectivity index (χ0) is 24.4. The SMILES string of the molecule is C[C@H](c1nc(OC2CCCCC2)c2ccccc2n1)N1CCN(S(=O)(=O)c2ccc(F)cc2)CC1. The van der Waals surface area contributed by atoms with Crippen LogP contribution in [0.5, 0.6) is 5.88 Å². The third-order valence-corrected chi connectivity index (χ3v) is 8.97. The van der Waals surface area contributed by atoms with Crippen molar-refractivity contribution in [2.75, 3.05) is 26.2 Å². The van der Waals surface area contributed by atoms with Gasteiger partial charge in [0.2, 0.25) is 15.9 Å². The number of hydrogen-bond donors (Lipinski definition) is 0. The maximum absolute atomic E-state index is 13.2. The molecule has 1 aromatic heterocycles. The molecule has 0 N–H and O–H groups in total. The highest BCUT2D eigenvalue weighted by atomic mass is 32.2. The van der Waals surface area contributed by atoms with Crippen molar-refractivity contribution in [1.82, 2.24) is 19.2 Å². The summed E-state index contributed by atoms with van der Waals surface area (Å²) in [7, 11) is -3.66. The molecule has 0 radical (unpaired) electrons. The van der Waals surface area contributed by atoms with Crippen molar-refractivity contribution >= 4 is 20.9 Å². The number of sulfonamides is 1. The lowest BCUT2D eigenvalue weighted by molar-refractivity contribution is 0.135. The lowest BCUT2D eigenvalue weighted by Crippen LogP contribution is -2.49. The quantitative estimate of drug-likeness (QED) is 0.496. The Morgan fingerprint density at radius 3 is 2.34 bits per heavy atom. The van der Waals surface area contributed by atoms with Crippen LogP contribution in [0.25, 0.3) is 10.9 Å². The molecule has 2 aliphatic rings. The van der Waals surface area contributed by atoms with Crippen molar-refractivity contribution in [2.45, 2.75) is 56.1 Å². The lowest BCUT2D eigenvalue weighted by atomic mass is 9.98. The number of halogens is 1. The summed E-state index contributed by atoms with van der Waals surface area (Å²) in [6, 6.07) is 12.8. The smallest absolute Gasteiger partial charge is 0.243 e. The molecule has 1 aliphatic heterocycles. The van der Waals surface area contributed by atoms with Gasteiger partial charge in [0, 0.05) is 26.2 Å². The van der Waals surface area contributed by atoms with Crippen LogP contribution < -0.4 is 4.74 Å². The largest absolute Gasteiger partial charge is 0.474 e. The van der Waals surface area contributed by atoms with E-state index < -0.39 is 15.8 Å². The fourth-order valence-electron chi connectivity index (χ4n) is 4.93. The Hall–Kier alpha value is -2.62. The average molecular weight is 499 g/mol. The van der Waals surface area contributed by atoms with Crippen LogP contribution in [-0.4, -0.2) is 59.9 Å². The predicted octanol–water partition coefficient (Wildman–Crippen LogP) is 4.55. The Morgan fingerprint density at radius 1 is 0.943 bits per heavy atom. The van der Waals surface area contributed by atoms with Crippen LogP contribution in [0.2, 0.25) is 0 Å². The highest BCUT2D eigenvalue weighted by molar-refractivity contribution is 7.89. The highest BCUT2D eigenvalue weighted by Gasteiger charge is 2.31. The van der Waals surface area contributed by atoms with Gasteiger partial charge < -0.3 is 4.74 Å². The Bertz CT molecular complexity index is 1270. The van der Waals surface area contributed by atoms with Gasteiger partial charge in [0.25, 0.3) is 0 Å². The third-order valence-electron chi connectivity index (χ3n) is 7.06. The van der Waals surface area contributed by atoms with Crippen LogP contribution in [0.1, 0.15) is 50.9 Å². The summed E-state index contributed by atoms with van der Waals surface area (Å²) >= 11 is 0. The Morgan fingerprint density at radius 2 is 1.63 bits per heavy atom. The number of para-hydroxylation sites is 1. The van der Waals surface area contributed by atoms with E-state index in [1.165, 1.54) is 47.8 Å². The Kier molecular flexibility index (Phi) is 7.00. The van der Waals surface area contributed by atoms with Crippen LogP contribution in [0.3, 0.4) is 0 Å². The second-order valence-corrected chi connectivity index (χ2v) is 11.3. The van der Waals surface area contributed by atoms with E-state index in [9.17, 15) is 12.8 Å². The zero-order valence-electron chi connectivity index (χ0n) is 19.9. The molecule has 0 spiro atoms. The predicted molar refractivity (Wildman–Crippen MR) is 132 cm³/mol. The van der Waals surface area contributed by atoms with E-state index in [0.717, 1.165) is 23.7 Å². The first kappa shape index (κ1) is 24.1. The topological polar surface area (TPSA) is 75.6 Å². The van der Waals surface area contributed by atoms with Crippen molar-refractivity contribution < 1.29 is 17.5 Å². The first-order chi connectivity index (χ1) is 16.9. The molecule has 2 fully saturated rings. The van der Waals surface area contributed by atoms with E-state index in [1.54, 1.807) is 0 Å². The number of benzene rings is 2. The first-order valence-corrected chi connectivity index (χ1v) is 13.8. The molecule has 0 amide bonds. The second kappa shape index (κ2) is 10.2. The molecule has 2 aromatic carbocycles. The minimum absolute atomic E-state index is 0.0935. The van der Waals surface area contributed by atoms with Crippen LogP contribution in [0.4, 0.5) is 4.39 Å². The molecule has 0 unspecified atom stereocenters. The molecular weight excluding hydrogens is 467 g/mol. The number of piperazine rings is 1. The summed E-state index contributed by atoms with van der Waals surface area (Å²) in [5.74, 6) is 0.871. The average Bonchev–Trinajstić information content (AvgIpc) is 2.89. The maximum atomic E-state index is 13.2. The van der Waals surface area contributed by atoms with Crippen molar-refractivity contribution in [3.8, 4) is 5.88 Å². The van der Waals surface area contributed by atoms with Crippen molar-refractivity contribution in [3.05, 3.63) is 60.2 Å². The molecule has 1 atom stereocenters. The van der Waals surface area contributed by atoms with Crippen LogP contribution in [-0.2, 0) is 10.0 Å². The Labute approximate surface area is 206 Å². The third kappa shape index (κ3) is 5.17. The summed E-state index contributed by atoms with van der Waals surface area (Å²) < 4.78 is 47.0. The Balaban J connectivity index is 1.32. The summed E-state index contributed by atoms with van der Waals surface area (Å²) in [4.78, 5) is 12.0. The van der Waals surface area contributed by atoms with E-state index in [1.807, 2.05) is 24.3 Å². The molecule has 5 rings (SSSR count). The number of fused-ring (bicyclic) bond motifs is 1. The van der Waals surface area contributed by atoms with E-state index in [4.69, 9.17) is 14.7 Å². The van der Waals surface area contributed by atoms with Crippen LogP contribution in [0, 0.1) is 5.82 Å². The molecule has 1 saturated carbocycles. The monoisotopic (exact) mass is 498 g/mol. The summed E-state index contributed by atoms with van der Waals surface area (Å²) in [6.07, 6.45) is 5.91. The molecule has 35 heavy (non-hydrogen) atoms. The van der Waals surface area contributed by atoms with Gasteiger partial charge in [-0.05, 0) is 69.0 Å². The van der Waals surface area contributed by atoms with Crippen LogP contribution in [0.15, 0.2) is 53.4 Å². The van der Waals surface area contributed by atoms with Gasteiger partial charge in [-0.15, -0.1) is 0 Å². The molecule has 2 heterocycles. The lowest BCUT2D eigenvalue weighted by Gasteiger charge is -2.37. The van der Waals surface area contributed by atoms with E-state index >= 15 is 0 Å². The van der Waals surface area contributed by atoms with Gasteiger partial charge in [0.05, 0.1) is 21.8 Å². The number of aromatic nitrogens is 2. The molecule has 1 aliphatic carbocycles. The highest BCUT2D eigenvalue weighted by Crippen LogP contribution is 2.30. The minimum Gasteiger partial charge on any atom is -0.474 e. The number of hydrogen-bond acceptors (Lipinski definition) is 6. The zero-order valence-corrected chi connectivity index (χ0v) is 20.8. The van der Waals surface area contributed by atoms with E-state index in [2.05, 4.69) is 11.8 Å². The normalized spacial score (nSPS) is 19.6.